The van der Waals surface area contributed by atoms with Gasteiger partial charge in [-0.3, -0.25) is 4.90 Å². The summed E-state index contributed by atoms with van der Waals surface area (Å²) in [7, 11) is 1.83. The standard InChI is InChI=1S/C18H29N3O.2C2HF3O2/c1-15(2)21-14-18(12-16(21)13-22-3)7-10-20(11-8-18)17-6-4-5-9-19-17;2*3-2(4,5)1(6)7/h4-6,9,15-16H,7-8,10-14H2,1-3H3;2*(H,6,7). The van der Waals surface area contributed by atoms with Crippen molar-refractivity contribution in [2.24, 2.45) is 5.41 Å². The number of alkyl halides is 6. The van der Waals surface area contributed by atoms with Gasteiger partial charge in [-0.15, -0.1) is 0 Å². The van der Waals surface area contributed by atoms with Gasteiger partial charge in [0.15, 0.2) is 0 Å². The first-order valence-electron chi connectivity index (χ1n) is 11.0. The molecule has 3 rings (SSSR count). The number of carboxylic acids is 2. The first-order valence-corrected chi connectivity index (χ1v) is 11.0. The monoisotopic (exact) mass is 531 g/mol. The van der Waals surface area contributed by atoms with Crippen molar-refractivity contribution in [3.05, 3.63) is 24.4 Å². The van der Waals surface area contributed by atoms with Crippen LogP contribution in [-0.2, 0) is 14.3 Å². The van der Waals surface area contributed by atoms with Gasteiger partial charge in [-0.2, -0.15) is 26.3 Å². The third-order valence-corrected chi connectivity index (χ3v) is 5.96. The third kappa shape index (κ3) is 9.80. The Morgan fingerprint density at radius 1 is 1.08 bits per heavy atom. The molecular weight excluding hydrogens is 500 g/mol. The topological polar surface area (TPSA) is 103 Å². The Labute approximate surface area is 204 Å². The Balaban J connectivity index is 0.000000383. The van der Waals surface area contributed by atoms with E-state index >= 15 is 0 Å². The van der Waals surface area contributed by atoms with Crippen LogP contribution in [0.1, 0.15) is 33.1 Å². The van der Waals surface area contributed by atoms with E-state index in [4.69, 9.17) is 24.5 Å². The number of pyridine rings is 1. The van der Waals surface area contributed by atoms with Crippen molar-refractivity contribution in [1.29, 1.82) is 0 Å². The van der Waals surface area contributed by atoms with E-state index in [1.165, 1.54) is 25.8 Å². The summed E-state index contributed by atoms with van der Waals surface area (Å²) in [5, 5.41) is 14.2. The van der Waals surface area contributed by atoms with Gasteiger partial charge >= 0.3 is 24.3 Å². The van der Waals surface area contributed by atoms with Crippen molar-refractivity contribution in [2.75, 3.05) is 38.3 Å². The molecule has 2 N–H and O–H groups in total. The zero-order valence-electron chi connectivity index (χ0n) is 20.1. The van der Waals surface area contributed by atoms with Gasteiger partial charge in [0.25, 0.3) is 0 Å². The fourth-order valence-electron chi connectivity index (χ4n) is 4.26. The average Bonchev–Trinajstić information content (AvgIpc) is 3.13. The van der Waals surface area contributed by atoms with Crippen LogP contribution in [0.2, 0.25) is 0 Å². The molecule has 0 bridgehead atoms. The molecule has 0 aliphatic carbocycles. The first kappa shape index (κ1) is 31.4. The predicted molar refractivity (Wildman–Crippen MR) is 118 cm³/mol. The van der Waals surface area contributed by atoms with Gasteiger partial charge in [-0.25, -0.2) is 14.6 Å². The second-order valence-electron chi connectivity index (χ2n) is 8.86. The van der Waals surface area contributed by atoms with Gasteiger partial charge in [0.05, 0.1) is 6.61 Å². The van der Waals surface area contributed by atoms with Crippen molar-refractivity contribution in [3.8, 4) is 0 Å². The van der Waals surface area contributed by atoms with E-state index in [2.05, 4.69) is 40.8 Å². The van der Waals surface area contributed by atoms with Crippen LogP contribution in [-0.4, -0.2) is 89.8 Å². The zero-order chi connectivity index (χ0) is 27.7. The molecule has 0 saturated carbocycles. The normalized spacial score (nSPS) is 19.8. The Morgan fingerprint density at radius 2 is 1.58 bits per heavy atom. The molecule has 0 radical (unpaired) electrons. The molecule has 0 amide bonds. The minimum absolute atomic E-state index is 0.485. The summed E-state index contributed by atoms with van der Waals surface area (Å²) < 4.78 is 68.9. The van der Waals surface area contributed by atoms with Gasteiger partial charge in [-0.1, -0.05) is 6.07 Å². The number of hydrogen-bond acceptors (Lipinski definition) is 6. The fourth-order valence-corrected chi connectivity index (χ4v) is 4.26. The number of methoxy groups -OCH3 is 1. The maximum Gasteiger partial charge on any atom is 0.490 e. The summed E-state index contributed by atoms with van der Waals surface area (Å²) in [5.41, 5.74) is 0.485. The smallest absolute Gasteiger partial charge is 0.475 e. The highest BCUT2D eigenvalue weighted by Gasteiger charge is 2.46. The molecule has 1 atom stereocenters. The van der Waals surface area contributed by atoms with Crippen molar-refractivity contribution in [1.82, 2.24) is 9.88 Å². The van der Waals surface area contributed by atoms with Crippen LogP contribution >= 0.6 is 0 Å². The van der Waals surface area contributed by atoms with E-state index in [1.54, 1.807) is 0 Å². The number of piperidine rings is 1. The lowest BCUT2D eigenvalue weighted by atomic mass is 9.76. The lowest BCUT2D eigenvalue weighted by Crippen LogP contribution is -2.43. The number of carboxylic acid groups (broad SMARTS) is 2. The molecule has 1 spiro atoms. The lowest BCUT2D eigenvalue weighted by Gasteiger charge is -2.40. The molecule has 206 valence electrons. The average molecular weight is 531 g/mol. The number of hydrogen-bond donors (Lipinski definition) is 2. The van der Waals surface area contributed by atoms with Crippen LogP contribution in [0, 0.1) is 5.41 Å². The molecule has 1 unspecified atom stereocenters. The van der Waals surface area contributed by atoms with E-state index in [0.29, 0.717) is 17.5 Å². The molecule has 3 heterocycles. The summed E-state index contributed by atoms with van der Waals surface area (Å²) in [4.78, 5) is 27.4. The van der Waals surface area contributed by atoms with E-state index in [0.717, 1.165) is 25.5 Å². The highest BCUT2D eigenvalue weighted by molar-refractivity contribution is 5.73. The van der Waals surface area contributed by atoms with E-state index < -0.39 is 24.3 Å². The van der Waals surface area contributed by atoms with Crippen LogP contribution in [0.5, 0.6) is 0 Å². The first-order chi connectivity index (χ1) is 16.5. The molecule has 8 nitrogen and oxygen atoms in total. The van der Waals surface area contributed by atoms with Crippen LogP contribution in [0.25, 0.3) is 0 Å². The molecule has 2 aliphatic rings. The van der Waals surface area contributed by atoms with Crippen LogP contribution < -0.4 is 4.90 Å². The van der Waals surface area contributed by atoms with E-state index in [1.807, 2.05) is 19.4 Å². The number of aliphatic carboxylic acids is 2. The minimum atomic E-state index is -5.08. The van der Waals surface area contributed by atoms with Gasteiger partial charge < -0.3 is 19.8 Å². The van der Waals surface area contributed by atoms with Gasteiger partial charge in [0.2, 0.25) is 0 Å². The molecule has 2 aliphatic heterocycles. The van der Waals surface area contributed by atoms with E-state index in [9.17, 15) is 26.3 Å². The third-order valence-electron chi connectivity index (χ3n) is 5.96. The van der Waals surface area contributed by atoms with Crippen LogP contribution in [0.4, 0.5) is 32.2 Å². The number of nitrogens with zero attached hydrogens (tertiary/aromatic N) is 3. The molecule has 1 aromatic heterocycles. The Hall–Kier alpha value is -2.61. The number of anilines is 1. The minimum Gasteiger partial charge on any atom is -0.475 e. The van der Waals surface area contributed by atoms with Crippen molar-refractivity contribution in [2.45, 2.75) is 57.5 Å². The van der Waals surface area contributed by atoms with Crippen molar-refractivity contribution >= 4 is 17.8 Å². The lowest BCUT2D eigenvalue weighted by molar-refractivity contribution is -0.193. The summed E-state index contributed by atoms with van der Waals surface area (Å²) in [5.74, 6) is -4.38. The maximum atomic E-state index is 10.6. The second-order valence-corrected chi connectivity index (χ2v) is 8.86. The molecule has 2 saturated heterocycles. The highest BCUT2D eigenvalue weighted by Crippen LogP contribution is 2.44. The van der Waals surface area contributed by atoms with Crippen molar-refractivity contribution in [3.63, 3.8) is 0 Å². The SMILES string of the molecule is COCC1CC2(CCN(c3ccccn3)CC2)CN1C(C)C.O=C(O)C(F)(F)F.O=C(O)C(F)(F)F. The van der Waals surface area contributed by atoms with Crippen LogP contribution in [0.15, 0.2) is 24.4 Å². The number of carbonyl (C=O) groups is 2. The quantitative estimate of drug-likeness (QED) is 0.561. The number of aromatic nitrogens is 1. The van der Waals surface area contributed by atoms with Gasteiger partial charge in [0, 0.05) is 45.0 Å². The molecule has 36 heavy (non-hydrogen) atoms. The Kier molecular flexibility index (Phi) is 11.4. The Morgan fingerprint density at radius 3 is 1.94 bits per heavy atom. The highest BCUT2D eigenvalue weighted by atomic mass is 19.4. The van der Waals surface area contributed by atoms with Crippen molar-refractivity contribution < 1.29 is 50.9 Å². The zero-order valence-corrected chi connectivity index (χ0v) is 20.1. The number of ether oxygens (including phenoxy) is 1. The van der Waals surface area contributed by atoms with Gasteiger partial charge in [0.1, 0.15) is 5.82 Å². The molecule has 2 fully saturated rings. The predicted octanol–water partition coefficient (Wildman–Crippen LogP) is 4.06. The van der Waals surface area contributed by atoms with E-state index in [-0.39, 0.29) is 0 Å². The molecule has 0 aromatic carbocycles. The van der Waals surface area contributed by atoms with Crippen LogP contribution in [0.3, 0.4) is 0 Å². The summed E-state index contributed by atoms with van der Waals surface area (Å²) in [6, 6.07) is 7.39. The van der Waals surface area contributed by atoms with Gasteiger partial charge in [-0.05, 0) is 50.7 Å². The summed E-state index contributed by atoms with van der Waals surface area (Å²) >= 11 is 0. The summed E-state index contributed by atoms with van der Waals surface area (Å²) in [6.07, 6.45) is -4.44. The maximum absolute atomic E-state index is 10.6. The molecular formula is C22H31F6N3O5. The summed E-state index contributed by atoms with van der Waals surface area (Å²) in [6.45, 7) is 8.97. The number of rotatable bonds is 4. The largest absolute Gasteiger partial charge is 0.490 e. The molecule has 1 aromatic rings. The Bertz CT molecular complexity index is 804. The number of halogens is 6. The fraction of sp³-hybridized carbons (Fsp3) is 0.682. The second kappa shape index (κ2) is 13.1. The molecule has 14 heteroatoms. The number of likely N-dealkylation sites (tertiary alicyclic amines) is 1.